The van der Waals surface area contributed by atoms with Crippen LogP contribution in [0.2, 0.25) is 5.28 Å². The molecular formula is C13H19ClN6O. The second kappa shape index (κ2) is 5.65. The van der Waals surface area contributed by atoms with E-state index in [4.69, 9.17) is 11.6 Å². The molecule has 114 valence electrons. The Morgan fingerprint density at radius 1 is 1.29 bits per heavy atom. The summed E-state index contributed by atoms with van der Waals surface area (Å²) >= 11 is 6.06. The van der Waals surface area contributed by atoms with E-state index in [1.54, 1.807) is 16.2 Å². The molecule has 8 heteroatoms. The van der Waals surface area contributed by atoms with Crippen molar-refractivity contribution in [1.29, 1.82) is 0 Å². The van der Waals surface area contributed by atoms with E-state index >= 15 is 0 Å². The Hall–Kier alpha value is -1.60. The van der Waals surface area contributed by atoms with E-state index in [-0.39, 0.29) is 11.0 Å². The van der Waals surface area contributed by atoms with Crippen molar-refractivity contribution in [3.63, 3.8) is 0 Å². The van der Waals surface area contributed by atoms with Crippen LogP contribution >= 0.6 is 11.6 Å². The Labute approximate surface area is 127 Å². The van der Waals surface area contributed by atoms with Crippen molar-refractivity contribution in [3.8, 4) is 0 Å². The average Bonchev–Trinajstić information content (AvgIpc) is 2.73. The number of hydrogen-bond acceptors (Lipinski definition) is 5. The van der Waals surface area contributed by atoms with E-state index in [2.05, 4.69) is 20.2 Å². The maximum atomic E-state index is 12.4. The molecule has 0 radical (unpaired) electrons. The lowest BCUT2D eigenvalue weighted by Gasteiger charge is -2.29. The van der Waals surface area contributed by atoms with Crippen molar-refractivity contribution in [2.24, 2.45) is 7.05 Å². The van der Waals surface area contributed by atoms with Crippen molar-refractivity contribution in [1.82, 2.24) is 24.4 Å². The van der Waals surface area contributed by atoms with E-state index in [0.717, 1.165) is 43.9 Å². The highest BCUT2D eigenvalue weighted by Gasteiger charge is 2.22. The SMILES string of the molecule is CCCn1c(=O)n(C)c2nc(Cl)nc(N3CCNCC3)c21. The molecule has 7 nitrogen and oxygen atoms in total. The lowest BCUT2D eigenvalue weighted by molar-refractivity contribution is 0.584. The highest BCUT2D eigenvalue weighted by atomic mass is 35.5. The molecule has 2 aromatic rings. The first-order valence-electron chi connectivity index (χ1n) is 7.22. The number of hydrogen-bond donors (Lipinski definition) is 1. The van der Waals surface area contributed by atoms with Gasteiger partial charge in [0.25, 0.3) is 0 Å². The Morgan fingerprint density at radius 3 is 2.67 bits per heavy atom. The normalized spacial score (nSPS) is 15.9. The van der Waals surface area contributed by atoms with Gasteiger partial charge < -0.3 is 10.2 Å². The zero-order chi connectivity index (χ0) is 15.0. The fourth-order valence-electron chi connectivity index (χ4n) is 2.78. The van der Waals surface area contributed by atoms with Crippen LogP contribution in [0.1, 0.15) is 13.3 Å². The minimum atomic E-state index is -0.0696. The molecule has 0 saturated carbocycles. The van der Waals surface area contributed by atoms with Crippen LogP contribution < -0.4 is 15.9 Å². The molecule has 1 fully saturated rings. The first kappa shape index (κ1) is 14.3. The number of anilines is 1. The monoisotopic (exact) mass is 310 g/mol. The van der Waals surface area contributed by atoms with Gasteiger partial charge in [0.2, 0.25) is 5.28 Å². The van der Waals surface area contributed by atoms with Gasteiger partial charge in [0, 0.05) is 39.8 Å². The predicted octanol–water partition coefficient (Wildman–Crippen LogP) is 0.603. The maximum Gasteiger partial charge on any atom is 0.330 e. The lowest BCUT2D eigenvalue weighted by Crippen LogP contribution is -2.44. The molecule has 0 aliphatic carbocycles. The molecule has 1 saturated heterocycles. The standard InChI is InChI=1S/C13H19ClN6O/c1-3-6-20-9-10(18(2)13(20)21)16-12(14)17-11(9)19-7-4-15-5-8-19/h15H,3-8H2,1-2H3. The molecule has 1 aliphatic rings. The van der Waals surface area contributed by atoms with Crippen LogP contribution in [-0.2, 0) is 13.6 Å². The van der Waals surface area contributed by atoms with Gasteiger partial charge in [-0.15, -0.1) is 0 Å². The number of nitrogens with one attached hydrogen (secondary N) is 1. The zero-order valence-corrected chi connectivity index (χ0v) is 13.0. The van der Waals surface area contributed by atoms with Crippen LogP contribution in [0.3, 0.4) is 0 Å². The molecule has 1 aliphatic heterocycles. The van der Waals surface area contributed by atoms with Crippen LogP contribution in [0, 0.1) is 0 Å². The Bertz CT molecular complexity index is 716. The molecule has 3 heterocycles. The number of aryl methyl sites for hydroxylation is 2. The van der Waals surface area contributed by atoms with Crippen molar-refractivity contribution in [2.45, 2.75) is 19.9 Å². The molecule has 0 aromatic carbocycles. The first-order valence-corrected chi connectivity index (χ1v) is 7.59. The second-order valence-electron chi connectivity index (χ2n) is 5.22. The summed E-state index contributed by atoms with van der Waals surface area (Å²) in [4.78, 5) is 23.2. The molecule has 0 atom stereocenters. The number of fused-ring (bicyclic) bond motifs is 1. The van der Waals surface area contributed by atoms with Gasteiger partial charge in [-0.3, -0.25) is 9.13 Å². The Kier molecular flexibility index (Phi) is 3.86. The summed E-state index contributed by atoms with van der Waals surface area (Å²) in [5.74, 6) is 0.762. The van der Waals surface area contributed by atoms with Gasteiger partial charge >= 0.3 is 5.69 Å². The molecule has 0 bridgehead atoms. The van der Waals surface area contributed by atoms with E-state index in [1.165, 1.54) is 0 Å². The fraction of sp³-hybridized carbons (Fsp3) is 0.615. The van der Waals surface area contributed by atoms with Crippen molar-refractivity contribution < 1.29 is 0 Å². The molecule has 1 N–H and O–H groups in total. The average molecular weight is 311 g/mol. The summed E-state index contributed by atoms with van der Waals surface area (Å²) < 4.78 is 3.30. The summed E-state index contributed by atoms with van der Waals surface area (Å²) in [6.07, 6.45) is 0.878. The van der Waals surface area contributed by atoms with Crippen molar-refractivity contribution >= 4 is 28.6 Å². The smallest absolute Gasteiger partial charge is 0.330 e. The number of nitrogens with zero attached hydrogens (tertiary/aromatic N) is 5. The lowest BCUT2D eigenvalue weighted by atomic mass is 10.3. The van der Waals surface area contributed by atoms with Gasteiger partial charge in [-0.2, -0.15) is 9.97 Å². The molecule has 21 heavy (non-hydrogen) atoms. The van der Waals surface area contributed by atoms with Crippen molar-refractivity contribution in [3.05, 3.63) is 15.8 Å². The maximum absolute atomic E-state index is 12.4. The topological polar surface area (TPSA) is 68.0 Å². The van der Waals surface area contributed by atoms with Gasteiger partial charge in [-0.05, 0) is 18.0 Å². The van der Waals surface area contributed by atoms with E-state index in [9.17, 15) is 4.79 Å². The highest BCUT2D eigenvalue weighted by molar-refractivity contribution is 6.28. The van der Waals surface area contributed by atoms with Gasteiger partial charge in [0.15, 0.2) is 11.5 Å². The van der Waals surface area contributed by atoms with Crippen LogP contribution in [0.15, 0.2) is 4.79 Å². The van der Waals surface area contributed by atoms with E-state index in [1.807, 2.05) is 6.92 Å². The molecule has 0 unspecified atom stereocenters. The number of imidazole rings is 1. The number of piperazine rings is 1. The van der Waals surface area contributed by atoms with Gasteiger partial charge in [-0.25, -0.2) is 4.79 Å². The predicted molar refractivity (Wildman–Crippen MR) is 83.2 cm³/mol. The number of aromatic nitrogens is 4. The number of rotatable bonds is 3. The minimum absolute atomic E-state index is 0.0696. The van der Waals surface area contributed by atoms with Crippen LogP contribution in [-0.4, -0.2) is 45.3 Å². The van der Waals surface area contributed by atoms with Crippen LogP contribution in [0.5, 0.6) is 0 Å². The summed E-state index contributed by atoms with van der Waals surface area (Å²) in [6.45, 7) is 6.18. The summed E-state index contributed by atoms with van der Waals surface area (Å²) in [5.41, 5.74) is 1.32. The second-order valence-corrected chi connectivity index (χ2v) is 5.56. The third-order valence-corrected chi connectivity index (χ3v) is 3.96. The minimum Gasteiger partial charge on any atom is -0.352 e. The third-order valence-electron chi connectivity index (χ3n) is 3.79. The van der Waals surface area contributed by atoms with Gasteiger partial charge in [-0.1, -0.05) is 6.92 Å². The molecule has 0 spiro atoms. The molecular weight excluding hydrogens is 292 g/mol. The quantitative estimate of drug-likeness (QED) is 0.841. The third kappa shape index (κ3) is 2.40. The van der Waals surface area contributed by atoms with E-state index < -0.39 is 0 Å². The molecule has 0 amide bonds. The fourth-order valence-corrected chi connectivity index (χ4v) is 2.94. The first-order chi connectivity index (χ1) is 10.1. The molecule has 2 aromatic heterocycles. The Balaban J connectivity index is 2.26. The summed E-state index contributed by atoms with van der Waals surface area (Å²) in [7, 11) is 1.72. The highest BCUT2D eigenvalue weighted by Crippen LogP contribution is 2.25. The zero-order valence-electron chi connectivity index (χ0n) is 12.3. The van der Waals surface area contributed by atoms with Crippen molar-refractivity contribution in [2.75, 3.05) is 31.1 Å². The van der Waals surface area contributed by atoms with Crippen LogP contribution in [0.25, 0.3) is 11.2 Å². The van der Waals surface area contributed by atoms with Gasteiger partial charge in [0.05, 0.1) is 0 Å². The molecule has 3 rings (SSSR count). The largest absolute Gasteiger partial charge is 0.352 e. The van der Waals surface area contributed by atoms with Gasteiger partial charge in [0.1, 0.15) is 5.52 Å². The van der Waals surface area contributed by atoms with E-state index in [0.29, 0.717) is 12.2 Å². The Morgan fingerprint density at radius 2 is 2.00 bits per heavy atom. The van der Waals surface area contributed by atoms with Crippen LogP contribution in [0.4, 0.5) is 5.82 Å². The number of halogens is 1. The summed E-state index contributed by atoms with van der Waals surface area (Å²) in [5, 5.41) is 3.49. The summed E-state index contributed by atoms with van der Waals surface area (Å²) in [6, 6.07) is 0.